The monoisotopic (exact) mass is 741 g/mol. The minimum Gasteiger partial charge on any atom is -0.508 e. The van der Waals surface area contributed by atoms with Crippen LogP contribution in [0.15, 0.2) is 59.6 Å². The molecule has 5 amide bonds. The van der Waals surface area contributed by atoms with Gasteiger partial charge in [0.15, 0.2) is 5.96 Å². The second-order valence-corrected chi connectivity index (χ2v) is 12.1. The van der Waals surface area contributed by atoms with Crippen LogP contribution in [-0.4, -0.2) is 106 Å². The number of nitrogens with zero attached hydrogens (tertiary/aromatic N) is 1. The molecule has 0 saturated heterocycles. The summed E-state index contributed by atoms with van der Waals surface area (Å²) in [5.74, 6) is -6.88. The van der Waals surface area contributed by atoms with E-state index < -0.39 is 91.1 Å². The number of hydrogen-bond acceptors (Lipinski definition) is 10. The van der Waals surface area contributed by atoms with Crippen molar-refractivity contribution in [3.05, 3.63) is 65.7 Å². The fraction of sp³-hybridized carbons (Fsp3) is 0.412. The zero-order valence-electron chi connectivity index (χ0n) is 29.1. The van der Waals surface area contributed by atoms with Gasteiger partial charge in [0.2, 0.25) is 29.5 Å². The molecule has 19 nitrogen and oxygen atoms in total. The number of carboxylic acid groups (broad SMARTS) is 2. The number of nitrogens with one attached hydrogen (secondary N) is 5. The van der Waals surface area contributed by atoms with E-state index in [-0.39, 0.29) is 43.9 Å². The molecule has 53 heavy (non-hydrogen) atoms. The number of benzene rings is 2. The molecule has 2 aromatic carbocycles. The first-order valence-corrected chi connectivity index (χ1v) is 16.6. The van der Waals surface area contributed by atoms with E-state index in [1.807, 2.05) is 0 Å². The van der Waals surface area contributed by atoms with Gasteiger partial charge < -0.3 is 59.1 Å². The molecular weight excluding hydrogens is 694 g/mol. The molecule has 5 atom stereocenters. The Labute approximate surface area is 305 Å². The van der Waals surface area contributed by atoms with Gasteiger partial charge in [0.05, 0.1) is 6.04 Å². The van der Waals surface area contributed by atoms with Gasteiger partial charge in [-0.05, 0) is 55.9 Å². The molecule has 0 spiro atoms. The maximum absolute atomic E-state index is 13.7. The van der Waals surface area contributed by atoms with Gasteiger partial charge in [0.1, 0.15) is 36.5 Å². The molecule has 19 heteroatoms. The van der Waals surface area contributed by atoms with Crippen molar-refractivity contribution in [3.63, 3.8) is 0 Å². The largest absolute Gasteiger partial charge is 0.508 e. The van der Waals surface area contributed by atoms with Crippen molar-refractivity contribution in [2.75, 3.05) is 13.1 Å². The summed E-state index contributed by atoms with van der Waals surface area (Å²) < 4.78 is 0. The quantitative estimate of drug-likeness (QED) is 0.0341. The van der Waals surface area contributed by atoms with E-state index in [9.17, 15) is 43.8 Å². The number of aromatic hydroxyl groups is 1. The Morgan fingerprint density at radius 1 is 0.679 bits per heavy atom. The Balaban J connectivity index is 2.24. The van der Waals surface area contributed by atoms with E-state index in [4.69, 9.17) is 22.3 Å². The van der Waals surface area contributed by atoms with Crippen LogP contribution in [0.1, 0.15) is 43.7 Å². The van der Waals surface area contributed by atoms with Crippen molar-refractivity contribution in [2.45, 2.75) is 75.7 Å². The highest BCUT2D eigenvalue weighted by Crippen LogP contribution is 2.11. The van der Waals surface area contributed by atoms with Crippen molar-refractivity contribution in [2.24, 2.45) is 22.2 Å². The van der Waals surface area contributed by atoms with Crippen molar-refractivity contribution in [3.8, 4) is 5.75 Å². The average Bonchev–Trinajstić information content (AvgIpc) is 3.10. The number of rotatable bonds is 22. The number of aliphatic carboxylic acids is 2. The third kappa shape index (κ3) is 16.6. The van der Waals surface area contributed by atoms with Crippen LogP contribution < -0.4 is 43.8 Å². The van der Waals surface area contributed by atoms with E-state index in [1.54, 1.807) is 42.5 Å². The summed E-state index contributed by atoms with van der Waals surface area (Å²) in [4.78, 5) is 92.4. The topological polar surface area (TPSA) is 331 Å². The molecular formula is C34H47N9O10. The Hall–Kier alpha value is -6.24. The minimum atomic E-state index is -1.48. The van der Waals surface area contributed by atoms with Crippen molar-refractivity contribution >= 4 is 47.4 Å². The number of carboxylic acids is 2. The van der Waals surface area contributed by atoms with Crippen molar-refractivity contribution in [1.82, 2.24) is 26.6 Å². The van der Waals surface area contributed by atoms with Gasteiger partial charge in [-0.3, -0.25) is 38.6 Å². The summed E-state index contributed by atoms with van der Waals surface area (Å²) >= 11 is 0. The summed E-state index contributed by atoms with van der Waals surface area (Å²) in [7, 11) is 0. The van der Waals surface area contributed by atoms with Crippen molar-refractivity contribution < 1.29 is 48.9 Å². The summed E-state index contributed by atoms with van der Waals surface area (Å²) in [5, 5.41) is 40.0. The first kappa shape index (κ1) is 42.9. The van der Waals surface area contributed by atoms with Gasteiger partial charge in [0.25, 0.3) is 0 Å². The van der Waals surface area contributed by atoms with Crippen LogP contribution in [0.3, 0.4) is 0 Å². The van der Waals surface area contributed by atoms with E-state index >= 15 is 0 Å². The summed E-state index contributed by atoms with van der Waals surface area (Å²) in [5.41, 5.74) is 17.9. The number of aliphatic imine (C=N–C) groups is 1. The number of guanidine groups is 1. The minimum absolute atomic E-state index is 0.0144. The van der Waals surface area contributed by atoms with Gasteiger partial charge in [0, 0.05) is 19.4 Å². The Kier molecular flexibility index (Phi) is 17.7. The van der Waals surface area contributed by atoms with Gasteiger partial charge >= 0.3 is 11.9 Å². The third-order valence-electron chi connectivity index (χ3n) is 7.67. The third-order valence-corrected chi connectivity index (χ3v) is 7.67. The Morgan fingerprint density at radius 3 is 1.85 bits per heavy atom. The van der Waals surface area contributed by atoms with E-state index in [0.29, 0.717) is 11.1 Å². The molecule has 0 heterocycles. The fourth-order valence-electron chi connectivity index (χ4n) is 4.86. The normalized spacial score (nSPS) is 13.5. The number of hydrogen-bond donors (Lipinski definition) is 11. The molecule has 0 bridgehead atoms. The second-order valence-electron chi connectivity index (χ2n) is 12.1. The first-order chi connectivity index (χ1) is 25.0. The molecule has 0 saturated carbocycles. The number of phenols is 1. The zero-order valence-corrected chi connectivity index (χ0v) is 29.1. The van der Waals surface area contributed by atoms with E-state index in [2.05, 4.69) is 31.6 Å². The SMILES string of the molecule is C[C@H](NC(=O)[C@@H](N)Cc1ccc(O)cc1)C(=O)N[C@@H](CCC(=O)O)C(=O)N[C@@H](Cc1ccccc1)C(=O)N[C@@H](CCCN=C(N)N)C(=O)NCC(=O)O. The number of amides is 5. The lowest BCUT2D eigenvalue weighted by atomic mass is 10.0. The predicted molar refractivity (Wildman–Crippen MR) is 191 cm³/mol. The Morgan fingerprint density at radius 2 is 1.25 bits per heavy atom. The maximum Gasteiger partial charge on any atom is 0.322 e. The predicted octanol–water partition coefficient (Wildman–Crippen LogP) is -2.42. The lowest BCUT2D eigenvalue weighted by Crippen LogP contribution is -2.59. The average molecular weight is 742 g/mol. The molecule has 0 aliphatic carbocycles. The molecule has 2 rings (SSSR count). The lowest BCUT2D eigenvalue weighted by Gasteiger charge is -2.26. The Bertz CT molecular complexity index is 1600. The highest BCUT2D eigenvalue weighted by atomic mass is 16.4. The lowest BCUT2D eigenvalue weighted by molar-refractivity contribution is -0.139. The molecule has 288 valence electrons. The number of carbonyl (C=O) groups is 7. The standard InChI is InChI=1S/C34H47N9O10/c1-19(40-30(50)23(35)16-21-9-11-22(44)12-10-21)29(49)41-25(13-14-27(45)46)32(52)43-26(17-20-6-3-2-4-7-20)33(53)42-24(8-5-15-38-34(36)37)31(51)39-18-28(47)48/h2-4,6-7,9-12,19,23-26,44H,5,8,13-18,35H2,1H3,(H,39,51)(H,40,50)(H,41,49)(H,42,53)(H,43,52)(H,45,46)(H,47,48)(H4,36,37,38)/t19-,23-,24-,25-,26-/m0/s1. The van der Waals surface area contributed by atoms with E-state index in [1.165, 1.54) is 19.1 Å². The van der Waals surface area contributed by atoms with Gasteiger partial charge in [-0.25, -0.2) is 0 Å². The van der Waals surface area contributed by atoms with Gasteiger partial charge in [-0.2, -0.15) is 0 Å². The molecule has 0 fully saturated rings. The zero-order chi connectivity index (χ0) is 39.5. The van der Waals surface area contributed by atoms with Crippen LogP contribution in [0, 0.1) is 0 Å². The first-order valence-electron chi connectivity index (χ1n) is 16.6. The van der Waals surface area contributed by atoms with Gasteiger partial charge in [-0.1, -0.05) is 42.5 Å². The van der Waals surface area contributed by atoms with Crippen LogP contribution in [0.5, 0.6) is 5.75 Å². The molecule has 0 aromatic heterocycles. The fourth-order valence-corrected chi connectivity index (χ4v) is 4.86. The molecule has 14 N–H and O–H groups in total. The van der Waals surface area contributed by atoms with Crippen LogP contribution in [-0.2, 0) is 46.4 Å². The molecule has 0 aliphatic heterocycles. The molecule has 0 aliphatic rings. The molecule has 0 radical (unpaired) electrons. The molecule has 0 unspecified atom stereocenters. The summed E-state index contributed by atoms with van der Waals surface area (Å²) in [6, 6.07) is 8.10. The van der Waals surface area contributed by atoms with E-state index in [0.717, 1.165) is 0 Å². The number of carbonyl (C=O) groups excluding carboxylic acids is 5. The van der Waals surface area contributed by atoms with Gasteiger partial charge in [-0.15, -0.1) is 0 Å². The highest BCUT2D eigenvalue weighted by Gasteiger charge is 2.31. The maximum atomic E-state index is 13.7. The second kappa shape index (κ2) is 21.9. The summed E-state index contributed by atoms with van der Waals surface area (Å²) in [6.07, 6.45) is -0.751. The number of nitrogens with two attached hydrogens (primary N) is 3. The van der Waals surface area contributed by atoms with Crippen LogP contribution in [0.4, 0.5) is 0 Å². The molecule has 2 aromatic rings. The van der Waals surface area contributed by atoms with Crippen LogP contribution >= 0.6 is 0 Å². The summed E-state index contributed by atoms with van der Waals surface area (Å²) in [6.45, 7) is 0.706. The van der Waals surface area contributed by atoms with Crippen LogP contribution in [0.25, 0.3) is 0 Å². The van der Waals surface area contributed by atoms with Crippen molar-refractivity contribution in [1.29, 1.82) is 0 Å². The smallest absolute Gasteiger partial charge is 0.322 e. The van der Waals surface area contributed by atoms with Crippen LogP contribution in [0.2, 0.25) is 0 Å². The number of phenolic OH excluding ortho intramolecular Hbond substituents is 1. The highest BCUT2D eigenvalue weighted by molar-refractivity contribution is 5.96.